The molecule has 154 valence electrons. The van der Waals surface area contributed by atoms with E-state index in [1.165, 1.54) is 6.07 Å². The summed E-state index contributed by atoms with van der Waals surface area (Å²) < 4.78 is 6.78. The third kappa shape index (κ3) is 4.38. The van der Waals surface area contributed by atoms with Crippen LogP contribution in [0.15, 0.2) is 63.5 Å². The Balaban J connectivity index is 1.44. The number of hydrogen-bond donors (Lipinski definition) is 1. The number of furan rings is 1. The molecule has 30 heavy (non-hydrogen) atoms. The second-order valence-corrected chi connectivity index (χ2v) is 8.03. The monoisotopic (exact) mass is 469 g/mol. The van der Waals surface area contributed by atoms with Crippen LogP contribution in [0, 0.1) is 10.1 Å². The predicted molar refractivity (Wildman–Crippen MR) is 118 cm³/mol. The molecule has 8 heteroatoms. The summed E-state index contributed by atoms with van der Waals surface area (Å²) in [6, 6.07) is 16.0. The van der Waals surface area contributed by atoms with Crippen molar-refractivity contribution in [3.05, 3.63) is 80.5 Å². The van der Waals surface area contributed by atoms with Gasteiger partial charge in [0.2, 0.25) is 0 Å². The SMILES string of the molecule is O=C(NCc1ccc(-c2ccc(Br)cc2)o1)c1ccc(N2CCCC2)c([N+](=O)[O-])c1. The summed E-state index contributed by atoms with van der Waals surface area (Å²) in [4.78, 5) is 25.6. The van der Waals surface area contributed by atoms with Gasteiger partial charge < -0.3 is 14.6 Å². The second kappa shape index (κ2) is 8.71. The molecule has 0 unspecified atom stereocenters. The molecule has 0 atom stereocenters. The molecule has 1 saturated heterocycles. The summed E-state index contributed by atoms with van der Waals surface area (Å²) >= 11 is 3.40. The number of nitrogens with one attached hydrogen (secondary N) is 1. The molecule has 0 bridgehead atoms. The van der Waals surface area contributed by atoms with Crippen LogP contribution in [0.2, 0.25) is 0 Å². The number of amides is 1. The second-order valence-electron chi connectivity index (χ2n) is 7.11. The number of carbonyl (C=O) groups is 1. The lowest BCUT2D eigenvalue weighted by Gasteiger charge is -2.17. The molecule has 0 spiro atoms. The number of rotatable bonds is 6. The largest absolute Gasteiger partial charge is 0.459 e. The zero-order valence-corrected chi connectivity index (χ0v) is 17.7. The first-order valence-electron chi connectivity index (χ1n) is 9.67. The van der Waals surface area contributed by atoms with E-state index in [1.54, 1.807) is 18.2 Å². The first-order chi connectivity index (χ1) is 14.5. The highest BCUT2D eigenvalue weighted by atomic mass is 79.9. The molecule has 1 aromatic heterocycles. The summed E-state index contributed by atoms with van der Waals surface area (Å²) in [6.07, 6.45) is 2.04. The molecule has 1 fully saturated rings. The van der Waals surface area contributed by atoms with Gasteiger partial charge in [-0.3, -0.25) is 14.9 Å². The van der Waals surface area contributed by atoms with E-state index < -0.39 is 4.92 Å². The number of halogens is 1. The van der Waals surface area contributed by atoms with Crippen LogP contribution in [-0.4, -0.2) is 23.9 Å². The fourth-order valence-electron chi connectivity index (χ4n) is 3.55. The quantitative estimate of drug-likeness (QED) is 0.398. The Labute approximate surface area is 182 Å². The molecular weight excluding hydrogens is 450 g/mol. The van der Waals surface area contributed by atoms with Crippen LogP contribution >= 0.6 is 15.9 Å². The van der Waals surface area contributed by atoms with Crippen LogP contribution in [0.25, 0.3) is 11.3 Å². The number of anilines is 1. The fraction of sp³-hybridized carbons (Fsp3) is 0.227. The predicted octanol–water partition coefficient (Wildman–Crippen LogP) is 5.15. The smallest absolute Gasteiger partial charge is 0.293 e. The standard InChI is InChI=1S/C22H20BrN3O4/c23-17-6-3-15(4-7-17)21-10-8-18(30-21)14-24-22(27)16-5-9-19(20(13-16)26(28)29)25-11-1-2-12-25/h3-10,13H,1-2,11-12,14H2,(H,24,27). The molecule has 3 aromatic rings. The van der Waals surface area contributed by atoms with Crippen molar-refractivity contribution in [1.29, 1.82) is 0 Å². The average Bonchev–Trinajstić information content (AvgIpc) is 3.44. The molecule has 1 aliphatic rings. The van der Waals surface area contributed by atoms with Gasteiger partial charge in [0, 0.05) is 34.8 Å². The molecule has 1 amide bonds. The molecule has 1 aliphatic heterocycles. The van der Waals surface area contributed by atoms with E-state index >= 15 is 0 Å². The van der Waals surface area contributed by atoms with Gasteiger partial charge in [0.05, 0.1) is 11.5 Å². The van der Waals surface area contributed by atoms with Crippen LogP contribution in [0.4, 0.5) is 11.4 Å². The Morgan fingerprint density at radius 3 is 2.53 bits per heavy atom. The number of nitro benzene ring substituents is 1. The van der Waals surface area contributed by atoms with Crippen molar-refractivity contribution in [3.63, 3.8) is 0 Å². The summed E-state index contributed by atoms with van der Waals surface area (Å²) in [5.74, 6) is 0.925. The van der Waals surface area contributed by atoms with Crippen LogP contribution in [0.3, 0.4) is 0 Å². The van der Waals surface area contributed by atoms with Gasteiger partial charge in [-0.1, -0.05) is 28.1 Å². The van der Waals surface area contributed by atoms with Crippen LogP contribution in [0.1, 0.15) is 29.0 Å². The fourth-order valence-corrected chi connectivity index (χ4v) is 3.81. The van der Waals surface area contributed by atoms with Crippen LogP contribution in [-0.2, 0) is 6.54 Å². The van der Waals surface area contributed by atoms with Gasteiger partial charge in [-0.2, -0.15) is 0 Å². The first kappa shape index (κ1) is 20.2. The van der Waals surface area contributed by atoms with Crippen LogP contribution < -0.4 is 10.2 Å². The maximum absolute atomic E-state index is 12.5. The van der Waals surface area contributed by atoms with Crippen molar-refractivity contribution in [2.45, 2.75) is 19.4 Å². The van der Waals surface area contributed by atoms with Crippen molar-refractivity contribution >= 4 is 33.2 Å². The molecule has 0 radical (unpaired) electrons. The lowest BCUT2D eigenvalue weighted by Crippen LogP contribution is -2.23. The minimum absolute atomic E-state index is 0.0416. The van der Waals surface area contributed by atoms with Crippen molar-refractivity contribution in [1.82, 2.24) is 5.32 Å². The molecule has 2 heterocycles. The van der Waals surface area contributed by atoms with Gasteiger partial charge in [-0.15, -0.1) is 0 Å². The Hall–Kier alpha value is -3.13. The van der Waals surface area contributed by atoms with E-state index in [0.717, 1.165) is 36.0 Å². The molecule has 4 rings (SSSR count). The van der Waals surface area contributed by atoms with E-state index in [0.29, 0.717) is 17.2 Å². The Kier molecular flexibility index (Phi) is 5.85. The van der Waals surface area contributed by atoms with Gasteiger partial charge in [-0.25, -0.2) is 0 Å². The molecular formula is C22H20BrN3O4. The normalized spacial score (nSPS) is 13.4. The van der Waals surface area contributed by atoms with Gasteiger partial charge in [0.15, 0.2) is 0 Å². The van der Waals surface area contributed by atoms with E-state index in [4.69, 9.17) is 4.42 Å². The highest BCUT2D eigenvalue weighted by Crippen LogP contribution is 2.31. The number of nitrogens with zero attached hydrogens (tertiary/aromatic N) is 2. The van der Waals surface area contributed by atoms with E-state index in [2.05, 4.69) is 21.2 Å². The van der Waals surface area contributed by atoms with E-state index in [1.807, 2.05) is 35.2 Å². The summed E-state index contributed by atoms with van der Waals surface area (Å²) in [5, 5.41) is 14.3. The van der Waals surface area contributed by atoms with Gasteiger partial charge >= 0.3 is 0 Å². The van der Waals surface area contributed by atoms with Crippen molar-refractivity contribution < 1.29 is 14.1 Å². The Morgan fingerprint density at radius 1 is 1.10 bits per heavy atom. The average molecular weight is 470 g/mol. The highest BCUT2D eigenvalue weighted by Gasteiger charge is 2.23. The topological polar surface area (TPSA) is 88.6 Å². The van der Waals surface area contributed by atoms with Crippen molar-refractivity contribution in [2.75, 3.05) is 18.0 Å². The summed E-state index contributed by atoms with van der Waals surface area (Å²) in [5.41, 5.74) is 1.72. The minimum atomic E-state index is -0.429. The van der Waals surface area contributed by atoms with Gasteiger partial charge in [0.1, 0.15) is 17.2 Å². The number of carbonyl (C=O) groups excluding carboxylic acids is 1. The zero-order chi connectivity index (χ0) is 21.1. The first-order valence-corrected chi connectivity index (χ1v) is 10.5. The molecule has 2 aromatic carbocycles. The van der Waals surface area contributed by atoms with Gasteiger partial charge in [-0.05, 0) is 49.2 Å². The van der Waals surface area contributed by atoms with E-state index in [-0.39, 0.29) is 23.7 Å². The van der Waals surface area contributed by atoms with Crippen LogP contribution in [0.5, 0.6) is 0 Å². The molecule has 7 nitrogen and oxygen atoms in total. The summed E-state index contributed by atoms with van der Waals surface area (Å²) in [7, 11) is 0. The van der Waals surface area contributed by atoms with E-state index in [9.17, 15) is 14.9 Å². The maximum atomic E-state index is 12.5. The Bertz CT molecular complexity index is 1070. The number of hydrogen-bond acceptors (Lipinski definition) is 5. The Morgan fingerprint density at radius 2 is 1.83 bits per heavy atom. The minimum Gasteiger partial charge on any atom is -0.459 e. The number of benzene rings is 2. The lowest BCUT2D eigenvalue weighted by molar-refractivity contribution is -0.384. The van der Waals surface area contributed by atoms with Crippen molar-refractivity contribution in [2.24, 2.45) is 0 Å². The maximum Gasteiger partial charge on any atom is 0.293 e. The van der Waals surface area contributed by atoms with Crippen molar-refractivity contribution in [3.8, 4) is 11.3 Å². The molecule has 1 N–H and O–H groups in total. The lowest BCUT2D eigenvalue weighted by atomic mass is 10.1. The number of nitro groups is 1. The highest BCUT2D eigenvalue weighted by molar-refractivity contribution is 9.10. The van der Waals surface area contributed by atoms with Gasteiger partial charge in [0.25, 0.3) is 11.6 Å². The third-order valence-electron chi connectivity index (χ3n) is 5.09. The summed E-state index contributed by atoms with van der Waals surface area (Å²) in [6.45, 7) is 1.79. The molecule has 0 saturated carbocycles. The third-order valence-corrected chi connectivity index (χ3v) is 5.62. The molecule has 0 aliphatic carbocycles. The zero-order valence-electron chi connectivity index (χ0n) is 16.1.